The van der Waals surface area contributed by atoms with Crippen LogP contribution in [-0.4, -0.2) is 36.3 Å². The Balaban J connectivity index is 2.16. The van der Waals surface area contributed by atoms with E-state index in [1.54, 1.807) is 0 Å². The predicted molar refractivity (Wildman–Crippen MR) is 81.3 cm³/mol. The van der Waals surface area contributed by atoms with Gasteiger partial charge in [0.1, 0.15) is 11.6 Å². The third kappa shape index (κ3) is 2.48. The Morgan fingerprint density at radius 1 is 1.05 bits per heavy atom. The topological polar surface area (TPSA) is 38.2 Å². The lowest BCUT2D eigenvalue weighted by atomic mass is 9.95. The Hall–Kier alpha value is -1.68. The third-order valence-electron chi connectivity index (χ3n) is 3.56. The largest absolute Gasteiger partial charge is 0.378 e. The van der Waals surface area contributed by atoms with Crippen molar-refractivity contribution in [2.24, 2.45) is 0 Å². The van der Waals surface area contributed by atoms with E-state index in [0.717, 1.165) is 48.8 Å². The molecule has 0 saturated carbocycles. The van der Waals surface area contributed by atoms with Crippen LogP contribution in [0.2, 0.25) is 0 Å². The molecule has 3 rings (SSSR count). The van der Waals surface area contributed by atoms with E-state index >= 15 is 0 Å². The fraction of sp³-hybridized carbons (Fsp3) is 0.500. The van der Waals surface area contributed by atoms with Gasteiger partial charge in [-0.2, -0.15) is 0 Å². The number of benzene rings is 1. The maximum Gasteiger partial charge on any atom is 0.140 e. The number of fused-ring (bicyclic) bond motifs is 1. The van der Waals surface area contributed by atoms with Crippen LogP contribution in [0.15, 0.2) is 24.3 Å². The van der Waals surface area contributed by atoms with Gasteiger partial charge in [0.05, 0.1) is 18.7 Å². The zero-order valence-corrected chi connectivity index (χ0v) is 12.4. The Morgan fingerprint density at radius 2 is 1.75 bits per heavy atom. The van der Waals surface area contributed by atoms with E-state index in [1.807, 2.05) is 12.1 Å². The Bertz CT molecular complexity index is 613. The zero-order valence-electron chi connectivity index (χ0n) is 12.4. The first kappa shape index (κ1) is 13.3. The number of rotatable bonds is 1. The molecule has 1 aromatic carbocycles. The van der Waals surface area contributed by atoms with Gasteiger partial charge >= 0.3 is 0 Å². The molecular weight excluding hydrogens is 250 g/mol. The molecule has 20 heavy (non-hydrogen) atoms. The molecule has 0 spiro atoms. The molecule has 4 nitrogen and oxygen atoms in total. The summed E-state index contributed by atoms with van der Waals surface area (Å²) >= 11 is 0. The van der Waals surface area contributed by atoms with Crippen LogP contribution in [0, 0.1) is 0 Å². The molecule has 0 aliphatic carbocycles. The Kier molecular flexibility index (Phi) is 3.34. The monoisotopic (exact) mass is 271 g/mol. The molecule has 1 aromatic heterocycles. The summed E-state index contributed by atoms with van der Waals surface area (Å²) in [6.45, 7) is 9.78. The van der Waals surface area contributed by atoms with Crippen molar-refractivity contribution in [3.8, 4) is 0 Å². The zero-order chi connectivity index (χ0) is 14.2. The lowest BCUT2D eigenvalue weighted by Gasteiger charge is -2.30. The van der Waals surface area contributed by atoms with Crippen LogP contribution in [0.25, 0.3) is 10.9 Å². The first-order valence-corrected chi connectivity index (χ1v) is 7.16. The summed E-state index contributed by atoms with van der Waals surface area (Å²) in [4.78, 5) is 11.9. The third-order valence-corrected chi connectivity index (χ3v) is 3.56. The summed E-state index contributed by atoms with van der Waals surface area (Å²) in [6, 6.07) is 8.25. The number of ether oxygens (including phenoxy) is 1. The highest BCUT2D eigenvalue weighted by atomic mass is 16.5. The number of nitrogens with zero attached hydrogens (tertiary/aromatic N) is 3. The van der Waals surface area contributed by atoms with E-state index in [-0.39, 0.29) is 5.41 Å². The molecule has 1 aliphatic heterocycles. The fourth-order valence-corrected chi connectivity index (χ4v) is 2.41. The first-order chi connectivity index (χ1) is 9.55. The average molecular weight is 271 g/mol. The maximum absolute atomic E-state index is 5.45. The highest BCUT2D eigenvalue weighted by Gasteiger charge is 2.22. The smallest absolute Gasteiger partial charge is 0.140 e. The molecule has 1 aliphatic rings. The predicted octanol–water partition coefficient (Wildman–Crippen LogP) is 2.76. The van der Waals surface area contributed by atoms with Gasteiger partial charge in [-0.25, -0.2) is 9.97 Å². The van der Waals surface area contributed by atoms with Crippen molar-refractivity contribution in [3.63, 3.8) is 0 Å². The second-order valence-corrected chi connectivity index (χ2v) is 6.24. The van der Waals surface area contributed by atoms with Crippen molar-refractivity contribution in [3.05, 3.63) is 30.1 Å². The molecule has 2 heterocycles. The SMILES string of the molecule is CC(C)(C)c1nc(N2CCOCC2)c2ccccc2n1. The van der Waals surface area contributed by atoms with Crippen molar-refractivity contribution in [1.29, 1.82) is 0 Å². The standard InChI is InChI=1S/C16H21N3O/c1-16(2,3)15-17-13-7-5-4-6-12(13)14(18-15)19-8-10-20-11-9-19/h4-7H,8-11H2,1-3H3. The molecule has 1 saturated heterocycles. The molecular formula is C16H21N3O. The van der Waals surface area contributed by atoms with Crippen LogP contribution >= 0.6 is 0 Å². The van der Waals surface area contributed by atoms with E-state index in [0.29, 0.717) is 0 Å². The lowest BCUT2D eigenvalue weighted by Crippen LogP contribution is -2.37. The van der Waals surface area contributed by atoms with Gasteiger partial charge in [-0.05, 0) is 12.1 Å². The van der Waals surface area contributed by atoms with Crippen molar-refractivity contribution < 1.29 is 4.74 Å². The van der Waals surface area contributed by atoms with Crippen LogP contribution < -0.4 is 4.90 Å². The number of anilines is 1. The highest BCUT2D eigenvalue weighted by molar-refractivity contribution is 5.89. The van der Waals surface area contributed by atoms with Crippen LogP contribution in [0.4, 0.5) is 5.82 Å². The van der Waals surface area contributed by atoms with Gasteiger partial charge < -0.3 is 9.64 Å². The first-order valence-electron chi connectivity index (χ1n) is 7.16. The molecule has 0 unspecified atom stereocenters. The molecule has 2 aromatic rings. The van der Waals surface area contributed by atoms with E-state index in [4.69, 9.17) is 14.7 Å². The number of hydrogen-bond acceptors (Lipinski definition) is 4. The van der Waals surface area contributed by atoms with Gasteiger partial charge in [-0.3, -0.25) is 0 Å². The average Bonchev–Trinajstić information content (AvgIpc) is 2.46. The molecule has 0 atom stereocenters. The molecule has 106 valence electrons. The van der Waals surface area contributed by atoms with Gasteiger partial charge in [-0.1, -0.05) is 32.9 Å². The molecule has 0 amide bonds. The molecule has 0 bridgehead atoms. The summed E-state index contributed by atoms with van der Waals surface area (Å²) in [5.74, 6) is 1.95. The van der Waals surface area contributed by atoms with Crippen molar-refractivity contribution in [2.45, 2.75) is 26.2 Å². The van der Waals surface area contributed by atoms with Gasteiger partial charge in [0, 0.05) is 23.9 Å². The minimum absolute atomic E-state index is 0.0505. The van der Waals surface area contributed by atoms with Crippen molar-refractivity contribution in [1.82, 2.24) is 9.97 Å². The highest BCUT2D eigenvalue weighted by Crippen LogP contribution is 2.28. The van der Waals surface area contributed by atoms with Gasteiger partial charge in [0.25, 0.3) is 0 Å². The van der Waals surface area contributed by atoms with Gasteiger partial charge in [-0.15, -0.1) is 0 Å². The Morgan fingerprint density at radius 3 is 2.45 bits per heavy atom. The lowest BCUT2D eigenvalue weighted by molar-refractivity contribution is 0.122. The minimum Gasteiger partial charge on any atom is -0.378 e. The van der Waals surface area contributed by atoms with E-state index in [9.17, 15) is 0 Å². The van der Waals surface area contributed by atoms with Crippen LogP contribution in [0.1, 0.15) is 26.6 Å². The van der Waals surface area contributed by atoms with E-state index in [2.05, 4.69) is 37.8 Å². The summed E-state index contributed by atoms with van der Waals surface area (Å²) in [5, 5.41) is 1.13. The van der Waals surface area contributed by atoms with E-state index < -0.39 is 0 Å². The second-order valence-electron chi connectivity index (χ2n) is 6.24. The molecule has 1 fully saturated rings. The summed E-state index contributed by atoms with van der Waals surface area (Å²) in [5.41, 5.74) is 0.972. The van der Waals surface area contributed by atoms with Crippen LogP contribution in [-0.2, 0) is 10.2 Å². The molecule has 4 heteroatoms. The normalized spacial score (nSPS) is 16.6. The number of morpholine rings is 1. The maximum atomic E-state index is 5.45. The summed E-state index contributed by atoms with van der Waals surface area (Å²) in [6.07, 6.45) is 0. The van der Waals surface area contributed by atoms with Crippen LogP contribution in [0.3, 0.4) is 0 Å². The summed E-state index contributed by atoms with van der Waals surface area (Å²) < 4.78 is 5.45. The van der Waals surface area contributed by atoms with Crippen molar-refractivity contribution in [2.75, 3.05) is 31.2 Å². The fourth-order valence-electron chi connectivity index (χ4n) is 2.41. The quantitative estimate of drug-likeness (QED) is 0.799. The van der Waals surface area contributed by atoms with Gasteiger partial charge in [0.15, 0.2) is 0 Å². The molecule has 0 N–H and O–H groups in total. The molecule has 0 radical (unpaired) electrons. The minimum atomic E-state index is -0.0505. The van der Waals surface area contributed by atoms with Crippen LogP contribution in [0.5, 0.6) is 0 Å². The number of hydrogen-bond donors (Lipinski definition) is 0. The van der Waals surface area contributed by atoms with Crippen molar-refractivity contribution >= 4 is 16.7 Å². The van der Waals surface area contributed by atoms with E-state index in [1.165, 1.54) is 0 Å². The Labute approximate surface area is 119 Å². The number of para-hydroxylation sites is 1. The summed E-state index contributed by atoms with van der Waals surface area (Å²) in [7, 11) is 0. The second kappa shape index (κ2) is 5.02. The van der Waals surface area contributed by atoms with Gasteiger partial charge in [0.2, 0.25) is 0 Å². The number of aromatic nitrogens is 2.